The van der Waals surface area contributed by atoms with Gasteiger partial charge >= 0.3 is 12.1 Å². The zero-order valence-corrected chi connectivity index (χ0v) is 10.2. The molecule has 1 unspecified atom stereocenters. The fourth-order valence-corrected chi connectivity index (χ4v) is 1.79. The van der Waals surface area contributed by atoms with E-state index in [4.69, 9.17) is 9.52 Å². The van der Waals surface area contributed by atoms with Crippen LogP contribution in [0.5, 0.6) is 0 Å². The van der Waals surface area contributed by atoms with E-state index in [9.17, 15) is 27.5 Å². The smallest absolute Gasteiger partial charge is 0.416 e. The maximum Gasteiger partial charge on any atom is 0.416 e. The van der Waals surface area contributed by atoms with Crippen LogP contribution in [0.3, 0.4) is 0 Å². The van der Waals surface area contributed by atoms with Gasteiger partial charge in [-0.1, -0.05) is 0 Å². The molecular formula is C13H8F4O4. The molecule has 0 aliphatic carbocycles. The Kier molecular flexibility index (Phi) is 3.73. The first-order valence-electron chi connectivity index (χ1n) is 5.56. The van der Waals surface area contributed by atoms with Crippen LogP contribution >= 0.6 is 0 Å². The number of hydrogen-bond donors (Lipinski definition) is 2. The molecule has 0 saturated carbocycles. The molecule has 0 spiro atoms. The molecule has 112 valence electrons. The molecule has 1 aromatic carbocycles. The summed E-state index contributed by atoms with van der Waals surface area (Å²) in [5.74, 6) is -3.10. The summed E-state index contributed by atoms with van der Waals surface area (Å²) in [7, 11) is 0. The molecule has 2 N–H and O–H groups in total. The van der Waals surface area contributed by atoms with E-state index in [1.165, 1.54) is 0 Å². The molecular weight excluding hydrogens is 296 g/mol. The highest BCUT2D eigenvalue weighted by Gasteiger charge is 2.33. The third-order valence-electron chi connectivity index (χ3n) is 2.74. The molecule has 1 atom stereocenters. The molecule has 2 aromatic rings. The molecule has 0 amide bonds. The highest BCUT2D eigenvalue weighted by atomic mass is 19.4. The maximum absolute atomic E-state index is 13.3. The number of alkyl halides is 3. The summed E-state index contributed by atoms with van der Waals surface area (Å²) >= 11 is 0. The van der Waals surface area contributed by atoms with Gasteiger partial charge in [-0.2, -0.15) is 13.2 Å². The van der Waals surface area contributed by atoms with Crippen LogP contribution in [0.2, 0.25) is 0 Å². The topological polar surface area (TPSA) is 70.7 Å². The van der Waals surface area contributed by atoms with Crippen LogP contribution in [0.1, 0.15) is 33.3 Å². The van der Waals surface area contributed by atoms with Gasteiger partial charge in [-0.15, -0.1) is 0 Å². The van der Waals surface area contributed by atoms with Crippen molar-refractivity contribution in [2.75, 3.05) is 0 Å². The van der Waals surface area contributed by atoms with Crippen molar-refractivity contribution in [3.05, 3.63) is 58.8 Å². The molecule has 21 heavy (non-hydrogen) atoms. The average molecular weight is 304 g/mol. The van der Waals surface area contributed by atoms with Crippen LogP contribution in [-0.4, -0.2) is 16.2 Å². The largest absolute Gasteiger partial charge is 0.478 e. The molecule has 8 heteroatoms. The van der Waals surface area contributed by atoms with Gasteiger partial charge in [0.25, 0.3) is 0 Å². The third-order valence-corrected chi connectivity index (χ3v) is 2.74. The van der Waals surface area contributed by atoms with E-state index in [1.807, 2.05) is 0 Å². The van der Waals surface area contributed by atoms with E-state index in [0.29, 0.717) is 12.1 Å². The zero-order valence-electron chi connectivity index (χ0n) is 10.2. The van der Waals surface area contributed by atoms with Crippen LogP contribution in [0, 0.1) is 5.82 Å². The first-order valence-corrected chi connectivity index (χ1v) is 5.56. The Hall–Kier alpha value is -2.35. The fraction of sp³-hybridized carbons (Fsp3) is 0.154. The van der Waals surface area contributed by atoms with Gasteiger partial charge in [-0.3, -0.25) is 0 Å². The Morgan fingerprint density at radius 2 is 1.90 bits per heavy atom. The van der Waals surface area contributed by atoms with Crippen molar-refractivity contribution in [2.45, 2.75) is 12.3 Å². The van der Waals surface area contributed by atoms with E-state index in [1.54, 1.807) is 0 Å². The number of rotatable bonds is 3. The number of carbonyl (C=O) groups is 1. The summed E-state index contributed by atoms with van der Waals surface area (Å²) in [5, 5.41) is 18.8. The summed E-state index contributed by atoms with van der Waals surface area (Å²) in [4.78, 5) is 10.9. The lowest BCUT2D eigenvalue weighted by Crippen LogP contribution is -2.10. The maximum atomic E-state index is 13.3. The van der Waals surface area contributed by atoms with Crippen LogP contribution in [-0.2, 0) is 6.18 Å². The number of carboxylic acid groups (broad SMARTS) is 1. The van der Waals surface area contributed by atoms with Crippen molar-refractivity contribution in [3.8, 4) is 0 Å². The van der Waals surface area contributed by atoms with Crippen molar-refractivity contribution in [3.63, 3.8) is 0 Å². The third kappa shape index (κ3) is 3.05. The standard InChI is InChI=1S/C13H8F4O4/c14-8-4-6(3-7(5-8)13(15,16)17)10(18)11-9(12(19)20)1-2-21-11/h1-5,10,18H,(H,19,20). The first-order chi connectivity index (χ1) is 9.70. The van der Waals surface area contributed by atoms with Gasteiger partial charge in [0.2, 0.25) is 0 Å². The summed E-state index contributed by atoms with van der Waals surface area (Å²) in [6.45, 7) is 0. The normalized spacial score (nSPS) is 13.2. The molecule has 0 fully saturated rings. The van der Waals surface area contributed by atoms with Crippen molar-refractivity contribution in [1.29, 1.82) is 0 Å². The molecule has 0 radical (unpaired) electrons. The van der Waals surface area contributed by atoms with Crippen molar-refractivity contribution in [2.24, 2.45) is 0 Å². The molecule has 1 heterocycles. The van der Waals surface area contributed by atoms with Gasteiger partial charge in [0.05, 0.1) is 11.8 Å². The highest BCUT2D eigenvalue weighted by molar-refractivity contribution is 5.88. The summed E-state index contributed by atoms with van der Waals surface area (Å²) in [6, 6.07) is 2.51. The number of aromatic carboxylic acids is 1. The molecule has 0 saturated heterocycles. The number of benzene rings is 1. The lowest BCUT2D eigenvalue weighted by Gasteiger charge is -2.13. The van der Waals surface area contributed by atoms with E-state index in [-0.39, 0.29) is 6.07 Å². The second-order valence-corrected chi connectivity index (χ2v) is 4.18. The predicted molar refractivity (Wildman–Crippen MR) is 61.1 cm³/mol. The minimum Gasteiger partial charge on any atom is -0.478 e. The Morgan fingerprint density at radius 1 is 1.24 bits per heavy atom. The van der Waals surface area contributed by atoms with Gasteiger partial charge in [0, 0.05) is 0 Å². The van der Waals surface area contributed by atoms with E-state index in [0.717, 1.165) is 12.3 Å². The van der Waals surface area contributed by atoms with E-state index < -0.39 is 46.5 Å². The minimum absolute atomic E-state index is 0.274. The van der Waals surface area contributed by atoms with Crippen LogP contribution in [0.25, 0.3) is 0 Å². The Balaban J connectivity index is 2.48. The molecule has 4 nitrogen and oxygen atoms in total. The SMILES string of the molecule is O=C(O)c1ccoc1C(O)c1cc(F)cc(C(F)(F)F)c1. The quantitative estimate of drug-likeness (QED) is 0.854. The fourth-order valence-electron chi connectivity index (χ4n) is 1.79. The average Bonchev–Trinajstić information content (AvgIpc) is 2.85. The van der Waals surface area contributed by atoms with Crippen molar-refractivity contribution >= 4 is 5.97 Å². The Labute approximate surface area is 115 Å². The second-order valence-electron chi connectivity index (χ2n) is 4.18. The van der Waals surface area contributed by atoms with Gasteiger partial charge in [0.1, 0.15) is 17.5 Å². The number of aliphatic hydroxyl groups is 1. The lowest BCUT2D eigenvalue weighted by molar-refractivity contribution is -0.137. The van der Waals surface area contributed by atoms with Crippen LogP contribution in [0.15, 0.2) is 34.9 Å². The monoisotopic (exact) mass is 304 g/mol. The number of aliphatic hydroxyl groups excluding tert-OH is 1. The highest BCUT2D eigenvalue weighted by Crippen LogP contribution is 2.34. The Morgan fingerprint density at radius 3 is 2.48 bits per heavy atom. The van der Waals surface area contributed by atoms with Gasteiger partial charge < -0.3 is 14.6 Å². The number of carboxylic acids is 1. The second kappa shape index (κ2) is 5.21. The van der Waals surface area contributed by atoms with Crippen LogP contribution < -0.4 is 0 Å². The summed E-state index contributed by atoms with van der Waals surface area (Å²) in [5.41, 5.74) is -2.17. The molecule has 2 rings (SSSR count). The van der Waals surface area contributed by atoms with Crippen LogP contribution in [0.4, 0.5) is 17.6 Å². The zero-order chi connectivity index (χ0) is 15.8. The van der Waals surface area contributed by atoms with Gasteiger partial charge in [-0.05, 0) is 29.8 Å². The van der Waals surface area contributed by atoms with E-state index in [2.05, 4.69) is 0 Å². The first kappa shape index (κ1) is 15.0. The number of furan rings is 1. The summed E-state index contributed by atoms with van der Waals surface area (Å²) in [6.07, 6.45) is -5.66. The Bertz CT molecular complexity index is 675. The number of halogens is 4. The molecule has 1 aromatic heterocycles. The molecule has 0 aliphatic heterocycles. The molecule has 0 bridgehead atoms. The number of hydrogen-bond acceptors (Lipinski definition) is 3. The minimum atomic E-state index is -4.80. The van der Waals surface area contributed by atoms with Crippen molar-refractivity contribution < 1.29 is 37.0 Å². The molecule has 0 aliphatic rings. The lowest BCUT2D eigenvalue weighted by atomic mass is 10.0. The van der Waals surface area contributed by atoms with Gasteiger partial charge in [0.15, 0.2) is 5.76 Å². The predicted octanol–water partition coefficient (Wildman–Crippen LogP) is 3.22. The van der Waals surface area contributed by atoms with Gasteiger partial charge in [-0.25, -0.2) is 9.18 Å². The van der Waals surface area contributed by atoms with E-state index >= 15 is 0 Å². The van der Waals surface area contributed by atoms with Crippen molar-refractivity contribution in [1.82, 2.24) is 0 Å². The summed E-state index contributed by atoms with van der Waals surface area (Å²) < 4.78 is 55.8.